The van der Waals surface area contributed by atoms with Gasteiger partial charge in [0.25, 0.3) is 0 Å². The van der Waals surface area contributed by atoms with Crippen LogP contribution in [0.15, 0.2) is 0 Å². The van der Waals surface area contributed by atoms with Crippen molar-refractivity contribution in [1.29, 1.82) is 0 Å². The number of halogens is 10. The third-order valence-electron chi connectivity index (χ3n) is 0. The van der Waals surface area contributed by atoms with Gasteiger partial charge < -0.3 is 47.0 Å². The molecule has 0 rings (SSSR count). The van der Waals surface area contributed by atoms with Gasteiger partial charge in [0.1, 0.15) is 0 Å². The first-order valence-electron chi connectivity index (χ1n) is 0. The molecule has 0 unspecified atom stereocenters. The summed E-state index contributed by atoms with van der Waals surface area (Å²) in [4.78, 5) is 0. The van der Waals surface area contributed by atoms with E-state index in [2.05, 4.69) is 0 Å². The maximum absolute atomic E-state index is 0. The molecule has 14 heteroatoms. The van der Waals surface area contributed by atoms with E-state index in [0.29, 0.717) is 0 Å². The maximum atomic E-state index is 0. The first kappa shape index (κ1) is 308. The minimum atomic E-state index is 0. The number of hydrogen-bond donors (Lipinski definition) is 0. The van der Waals surface area contributed by atoms with E-state index >= 15 is 0 Å². The summed E-state index contributed by atoms with van der Waals surface area (Å²) in [7, 11) is 0. The van der Waals surface area contributed by atoms with Crippen molar-refractivity contribution < 1.29 is 194 Å². The zero-order chi connectivity index (χ0) is 0. The van der Waals surface area contributed by atoms with Gasteiger partial charge in [-0.1, -0.05) is 0 Å². The predicted molar refractivity (Wildman–Crippen MR) is 0 cm³/mol. The summed E-state index contributed by atoms with van der Waals surface area (Å²) in [5.41, 5.74) is 0. The van der Waals surface area contributed by atoms with Crippen molar-refractivity contribution in [3.8, 4) is 0 Å². The molecule has 0 saturated carbocycles. The van der Waals surface area contributed by atoms with Gasteiger partial charge in [-0.3, -0.25) is 0 Å². The van der Waals surface area contributed by atoms with E-state index in [1.54, 1.807) is 0 Å². The van der Waals surface area contributed by atoms with Crippen molar-refractivity contribution in [3.05, 3.63) is 0 Å². The normalized spacial score (nSPS) is 0. The Morgan fingerprint density at radius 3 is 0.357 bits per heavy atom. The average Bonchev–Trinajstić information content (AvgIpc) is 0. The van der Waals surface area contributed by atoms with E-state index in [0.717, 1.165) is 0 Å². The smallest absolute Gasteiger partial charge is 1.00 e. The van der Waals surface area contributed by atoms with Crippen LogP contribution in [0.25, 0.3) is 0 Å². The Hall–Kier alpha value is 4.17. The summed E-state index contributed by atoms with van der Waals surface area (Å²) >= 11 is 0. The van der Waals surface area contributed by atoms with Crippen LogP contribution in [0.5, 0.6) is 0 Å². The van der Waals surface area contributed by atoms with Gasteiger partial charge in [0.05, 0.1) is 0 Å². The molecule has 0 saturated heterocycles. The zero-order valence-electron chi connectivity index (χ0n) is 5.91. The fourth-order valence-electron chi connectivity index (χ4n) is 0. The molecular weight excluding hydrogens is 642 g/mol. The van der Waals surface area contributed by atoms with Crippen LogP contribution in [0.4, 0.5) is 0 Å². The minimum Gasteiger partial charge on any atom is -1.00 e. The summed E-state index contributed by atoms with van der Waals surface area (Å²) in [5, 5.41) is 0. The molecule has 0 bridgehead atoms. The van der Waals surface area contributed by atoms with E-state index in [1.165, 1.54) is 0 Å². The van der Waals surface area contributed by atoms with Gasteiger partial charge in [-0.05, 0) is 0 Å². The Bertz CT molecular complexity index is 20.1. The Kier molecular flexibility index (Phi) is 5680. The van der Waals surface area contributed by atoms with Crippen molar-refractivity contribution in [1.82, 2.24) is 0 Å². The van der Waals surface area contributed by atoms with Crippen LogP contribution in [0.1, 0.15) is 0 Å². The van der Waals surface area contributed by atoms with E-state index < -0.39 is 0 Å². The first-order chi connectivity index (χ1) is 0. The summed E-state index contributed by atoms with van der Waals surface area (Å²) in [6, 6.07) is 0. The molecule has 0 spiro atoms. The molecular formula is ErF10NaYYb. The molecule has 0 aromatic carbocycles. The van der Waals surface area contributed by atoms with Crippen LogP contribution < -0.4 is 76.6 Å². The van der Waals surface area contributed by atoms with Gasteiger partial charge in [0.15, 0.2) is 0 Å². The van der Waals surface area contributed by atoms with Crippen LogP contribution in [-0.2, 0) is 32.7 Å². The summed E-state index contributed by atoms with van der Waals surface area (Å²) in [6.07, 6.45) is 0. The molecule has 0 fully saturated rings. The van der Waals surface area contributed by atoms with Crippen LogP contribution >= 0.6 is 0 Å². The molecule has 100 valence electrons. The standard InChI is InChI=1S/Er.10FH.Na.Y.Yb/h;10*1H;;;/q+3;;;;;;;;;;;+1;2*+3/p-10. The number of hydrogen-bond acceptors (Lipinski definition) is 0. The van der Waals surface area contributed by atoms with E-state index in [4.69, 9.17) is 0 Å². The molecule has 0 aromatic heterocycles. The van der Waals surface area contributed by atoms with Crippen LogP contribution in [0, 0.1) is 84.2 Å². The molecule has 2 radical (unpaired) electrons. The summed E-state index contributed by atoms with van der Waals surface area (Å²) in [5.74, 6) is 0. The molecule has 0 aliphatic carbocycles. The molecule has 0 aliphatic heterocycles. The van der Waals surface area contributed by atoms with Gasteiger partial charge in [0, 0.05) is 0 Å². The third kappa shape index (κ3) is 214. The van der Waals surface area contributed by atoms with Crippen LogP contribution in [-0.4, -0.2) is 0 Å². The average molecular weight is 642 g/mol. The second-order valence-electron chi connectivity index (χ2n) is 0. The zero-order valence-corrected chi connectivity index (χ0v) is 14.3. The Morgan fingerprint density at radius 1 is 0.357 bits per heavy atom. The fourth-order valence-corrected chi connectivity index (χ4v) is 0. The van der Waals surface area contributed by atoms with Gasteiger partial charge in [0.2, 0.25) is 0 Å². The van der Waals surface area contributed by atoms with Gasteiger partial charge in [-0.25, -0.2) is 0 Å². The quantitative estimate of drug-likeness (QED) is 0.182. The van der Waals surface area contributed by atoms with Crippen molar-refractivity contribution >= 4 is 0 Å². The second-order valence-corrected chi connectivity index (χ2v) is 0. The first-order valence-corrected chi connectivity index (χ1v) is 0. The molecule has 0 N–H and O–H groups in total. The SMILES string of the molecule is [Er+3].[F-].[F-].[F-].[F-].[F-].[F-].[F-].[F-].[F-].[F-].[Na+].[Y+3].[Yb+3]. The van der Waals surface area contributed by atoms with Crippen LogP contribution in [0.2, 0.25) is 0 Å². The maximum Gasteiger partial charge on any atom is 3.00 e. The molecule has 0 aromatic rings. The van der Waals surface area contributed by atoms with Gasteiger partial charge >= 0.3 is 146 Å². The molecule has 0 heterocycles. The van der Waals surface area contributed by atoms with Crippen molar-refractivity contribution in [3.63, 3.8) is 0 Å². The second kappa shape index (κ2) is 258. The number of rotatable bonds is 0. The van der Waals surface area contributed by atoms with Crippen molar-refractivity contribution in [2.45, 2.75) is 0 Å². The van der Waals surface area contributed by atoms with E-state index in [1.807, 2.05) is 0 Å². The predicted octanol–water partition coefficient (Wildman–Crippen LogP) is -33.0. The van der Waals surface area contributed by atoms with Crippen molar-refractivity contribution in [2.24, 2.45) is 0 Å². The van der Waals surface area contributed by atoms with Crippen LogP contribution in [0.3, 0.4) is 0 Å². The van der Waals surface area contributed by atoms with Gasteiger partial charge in [-0.15, -0.1) is 0 Å². The topological polar surface area (TPSA) is 0 Å². The summed E-state index contributed by atoms with van der Waals surface area (Å²) in [6.45, 7) is 0. The van der Waals surface area contributed by atoms with E-state index in [-0.39, 0.29) is 194 Å². The monoisotopic (exact) mass is 642 g/mol. The Morgan fingerprint density at radius 2 is 0.357 bits per heavy atom. The fraction of sp³-hybridized carbons (Fsp3) is 0. The third-order valence-corrected chi connectivity index (χ3v) is 0. The summed E-state index contributed by atoms with van der Waals surface area (Å²) < 4.78 is 0. The Labute approximate surface area is 189 Å². The van der Waals surface area contributed by atoms with Crippen molar-refractivity contribution in [2.75, 3.05) is 0 Å². The molecule has 0 amide bonds. The molecule has 0 atom stereocenters. The largest absolute Gasteiger partial charge is 3.00 e. The minimum absolute atomic E-state index is 0. The van der Waals surface area contributed by atoms with Gasteiger partial charge in [-0.2, -0.15) is 0 Å². The van der Waals surface area contributed by atoms with E-state index in [9.17, 15) is 0 Å². The molecule has 0 nitrogen and oxygen atoms in total. The molecule has 0 aliphatic rings. The molecule has 14 heavy (non-hydrogen) atoms. The Balaban J connectivity index is 0.